The number of rotatable bonds is 3. The molecule has 3 aliphatic rings. The standard InChI is InChI=1S/C22H32N2S/c1-14-7-8-18-20-17(9-10-22(18,5)23-6)15(2)11-16(19(14)20)12-21(3,4)24-13-25/h15-20H,1,7-12H2,2-5H3/t15-,16-,17+,18+,19-,20+,22-/m0/s1. The van der Waals surface area contributed by atoms with Crippen LogP contribution in [0.1, 0.15) is 66.2 Å². The lowest BCUT2D eigenvalue weighted by molar-refractivity contribution is -0.0543. The molecule has 0 bridgehead atoms. The largest absolute Gasteiger partial charge is 0.310 e. The molecular weight excluding hydrogens is 324 g/mol. The minimum absolute atomic E-state index is 0.149. The van der Waals surface area contributed by atoms with Crippen LogP contribution < -0.4 is 0 Å². The number of allylic oxidation sites excluding steroid dienone is 1. The zero-order valence-electron chi connectivity index (χ0n) is 16.2. The number of hydrogen-bond acceptors (Lipinski definition) is 2. The lowest BCUT2D eigenvalue weighted by atomic mass is 9.46. The van der Waals surface area contributed by atoms with Crippen molar-refractivity contribution in [1.29, 1.82) is 0 Å². The normalized spacial score (nSPS) is 43.6. The highest BCUT2D eigenvalue weighted by atomic mass is 32.1. The monoisotopic (exact) mass is 356 g/mol. The predicted molar refractivity (Wildman–Crippen MR) is 108 cm³/mol. The zero-order valence-corrected chi connectivity index (χ0v) is 17.0. The molecular formula is C22H32N2S. The lowest BCUT2D eigenvalue weighted by Crippen LogP contribution is -2.55. The SMILES string of the molecule is [C-]#[N+][C@@]1(C)CC[C@H]2[C@H]3[C@@H](C(=C)CC[C@H]31)[C@H](CC(C)(C)N=C=S)C[C@@H]2C. The van der Waals surface area contributed by atoms with Crippen LogP contribution in [0.5, 0.6) is 0 Å². The summed E-state index contributed by atoms with van der Waals surface area (Å²) in [6.45, 7) is 21.4. The van der Waals surface area contributed by atoms with Gasteiger partial charge in [0.2, 0.25) is 5.54 Å². The van der Waals surface area contributed by atoms with Gasteiger partial charge < -0.3 is 4.85 Å². The molecule has 0 aromatic rings. The number of thiocarbonyl (C=S) groups is 1. The number of aliphatic imine (C=N–C) groups is 1. The van der Waals surface area contributed by atoms with Crippen LogP contribution in [0.25, 0.3) is 4.85 Å². The molecule has 0 aromatic heterocycles. The van der Waals surface area contributed by atoms with Crippen molar-refractivity contribution in [3.63, 3.8) is 0 Å². The maximum Gasteiger partial charge on any atom is 0.233 e. The summed E-state index contributed by atoms with van der Waals surface area (Å²) in [4.78, 5) is 8.59. The van der Waals surface area contributed by atoms with Gasteiger partial charge >= 0.3 is 0 Å². The van der Waals surface area contributed by atoms with Crippen molar-refractivity contribution in [2.75, 3.05) is 0 Å². The first-order valence-corrected chi connectivity index (χ1v) is 10.3. The van der Waals surface area contributed by atoms with Crippen LogP contribution in [-0.2, 0) is 0 Å². The number of hydrogen-bond donors (Lipinski definition) is 0. The zero-order chi connectivity index (χ0) is 18.4. The topological polar surface area (TPSA) is 16.7 Å². The summed E-state index contributed by atoms with van der Waals surface area (Å²) >= 11 is 4.87. The average molecular weight is 357 g/mol. The fourth-order valence-corrected chi connectivity index (χ4v) is 6.87. The van der Waals surface area contributed by atoms with Crippen molar-refractivity contribution in [3.05, 3.63) is 23.6 Å². The molecule has 136 valence electrons. The van der Waals surface area contributed by atoms with E-state index in [-0.39, 0.29) is 11.1 Å². The summed E-state index contributed by atoms with van der Waals surface area (Å²) < 4.78 is 0. The molecule has 0 saturated heterocycles. The Labute approximate surface area is 159 Å². The van der Waals surface area contributed by atoms with Crippen molar-refractivity contribution in [2.24, 2.45) is 40.5 Å². The summed E-state index contributed by atoms with van der Waals surface area (Å²) in [6, 6.07) is 0. The van der Waals surface area contributed by atoms with Crippen LogP contribution in [0.2, 0.25) is 0 Å². The van der Waals surface area contributed by atoms with Gasteiger partial charge in [-0.15, -0.1) is 0 Å². The number of isothiocyanates is 1. The Bertz CT molecular complexity index is 639. The van der Waals surface area contributed by atoms with E-state index in [2.05, 4.69) is 49.3 Å². The summed E-state index contributed by atoms with van der Waals surface area (Å²) in [5.74, 6) is 3.89. The minimum atomic E-state index is -0.163. The third-order valence-corrected chi connectivity index (χ3v) is 7.77. The summed E-state index contributed by atoms with van der Waals surface area (Å²) in [6.07, 6.45) is 6.89. The Balaban J connectivity index is 1.96. The van der Waals surface area contributed by atoms with Crippen LogP contribution in [0.15, 0.2) is 17.1 Å². The lowest BCUT2D eigenvalue weighted by Gasteiger charge is -2.57. The molecule has 0 radical (unpaired) electrons. The van der Waals surface area contributed by atoms with E-state index in [1.807, 2.05) is 0 Å². The van der Waals surface area contributed by atoms with Gasteiger partial charge in [0.1, 0.15) is 0 Å². The van der Waals surface area contributed by atoms with E-state index in [1.165, 1.54) is 18.4 Å². The van der Waals surface area contributed by atoms with E-state index in [0.717, 1.165) is 37.5 Å². The second-order valence-electron chi connectivity index (χ2n) is 9.77. The molecule has 25 heavy (non-hydrogen) atoms. The van der Waals surface area contributed by atoms with Gasteiger partial charge in [0.05, 0.1) is 10.7 Å². The molecule has 0 N–H and O–H groups in total. The first-order chi connectivity index (χ1) is 11.7. The Kier molecular flexibility index (Phi) is 5.00. The molecule has 0 aliphatic heterocycles. The van der Waals surface area contributed by atoms with Crippen LogP contribution in [0.4, 0.5) is 0 Å². The van der Waals surface area contributed by atoms with E-state index < -0.39 is 0 Å². The maximum atomic E-state index is 7.84. The van der Waals surface area contributed by atoms with E-state index in [4.69, 9.17) is 18.8 Å². The van der Waals surface area contributed by atoms with Crippen molar-refractivity contribution in [2.45, 2.75) is 77.3 Å². The predicted octanol–water partition coefficient (Wildman–Crippen LogP) is 6.20. The van der Waals surface area contributed by atoms with Crippen molar-refractivity contribution in [3.8, 4) is 0 Å². The van der Waals surface area contributed by atoms with Crippen LogP contribution in [0, 0.1) is 42.1 Å². The van der Waals surface area contributed by atoms with Crippen molar-refractivity contribution >= 4 is 17.4 Å². The van der Waals surface area contributed by atoms with E-state index in [9.17, 15) is 0 Å². The highest BCUT2D eigenvalue weighted by Gasteiger charge is 2.59. The van der Waals surface area contributed by atoms with Gasteiger partial charge in [-0.1, -0.05) is 19.1 Å². The molecule has 0 aromatic carbocycles. The highest BCUT2D eigenvalue weighted by molar-refractivity contribution is 7.78. The van der Waals surface area contributed by atoms with Gasteiger partial charge in [-0.05, 0) is 87.8 Å². The fraction of sp³-hybridized carbons (Fsp3) is 0.818. The molecule has 0 amide bonds. The van der Waals surface area contributed by atoms with Gasteiger partial charge in [0.25, 0.3) is 0 Å². The van der Waals surface area contributed by atoms with E-state index >= 15 is 0 Å². The van der Waals surface area contributed by atoms with Gasteiger partial charge in [-0.2, -0.15) is 0 Å². The van der Waals surface area contributed by atoms with Crippen LogP contribution in [0.3, 0.4) is 0 Å². The third kappa shape index (κ3) is 3.24. The molecule has 0 unspecified atom stereocenters. The highest BCUT2D eigenvalue weighted by Crippen LogP contribution is 2.61. The average Bonchev–Trinajstić information content (AvgIpc) is 2.53. The molecule has 7 atom stereocenters. The first-order valence-electron chi connectivity index (χ1n) is 9.88. The Morgan fingerprint density at radius 3 is 2.80 bits per heavy atom. The van der Waals surface area contributed by atoms with E-state index in [1.54, 1.807) is 0 Å². The molecule has 3 saturated carbocycles. The molecule has 3 rings (SSSR count). The molecule has 0 spiro atoms. The van der Waals surface area contributed by atoms with Gasteiger partial charge in [0.15, 0.2) is 0 Å². The van der Waals surface area contributed by atoms with Crippen LogP contribution in [-0.4, -0.2) is 16.2 Å². The molecule has 2 nitrogen and oxygen atoms in total. The summed E-state index contributed by atoms with van der Waals surface area (Å²) in [5.41, 5.74) is 1.13. The summed E-state index contributed by atoms with van der Waals surface area (Å²) in [7, 11) is 0. The Morgan fingerprint density at radius 2 is 2.16 bits per heavy atom. The maximum absolute atomic E-state index is 7.84. The third-order valence-electron chi connectivity index (χ3n) is 7.68. The minimum Gasteiger partial charge on any atom is -0.310 e. The first kappa shape index (κ1) is 18.8. The Morgan fingerprint density at radius 1 is 1.44 bits per heavy atom. The van der Waals surface area contributed by atoms with Gasteiger partial charge in [-0.25, -0.2) is 11.6 Å². The van der Waals surface area contributed by atoms with Gasteiger partial charge in [-0.3, -0.25) is 0 Å². The molecule has 3 aliphatic carbocycles. The number of nitrogens with zero attached hydrogens (tertiary/aromatic N) is 2. The summed E-state index contributed by atoms with van der Waals surface area (Å²) in [5, 5.41) is 2.60. The Hall–Kier alpha value is -0.970. The molecule has 0 heterocycles. The van der Waals surface area contributed by atoms with E-state index in [0.29, 0.717) is 23.7 Å². The second-order valence-corrected chi connectivity index (χ2v) is 9.95. The van der Waals surface area contributed by atoms with Crippen LogP contribution >= 0.6 is 12.2 Å². The molecule has 3 heteroatoms. The second kappa shape index (κ2) is 6.64. The smallest absolute Gasteiger partial charge is 0.233 e. The van der Waals surface area contributed by atoms with Crippen molar-refractivity contribution in [1.82, 2.24) is 0 Å². The molecule has 3 fully saturated rings. The van der Waals surface area contributed by atoms with Gasteiger partial charge in [0, 0.05) is 19.3 Å². The fourth-order valence-electron chi connectivity index (χ4n) is 6.62. The quantitative estimate of drug-likeness (QED) is 0.254. The van der Waals surface area contributed by atoms with Crippen molar-refractivity contribution < 1.29 is 0 Å².